The fourth-order valence-corrected chi connectivity index (χ4v) is 6.10. The summed E-state index contributed by atoms with van der Waals surface area (Å²) in [7, 11) is 0. The van der Waals surface area contributed by atoms with E-state index in [1.165, 1.54) is 49.4 Å². The predicted octanol–water partition coefficient (Wildman–Crippen LogP) is 10.9. The lowest BCUT2D eigenvalue weighted by molar-refractivity contribution is 0.669. The second-order valence-electron chi connectivity index (χ2n) is 10.1. The molecule has 8 aromatic rings. The van der Waals surface area contributed by atoms with E-state index in [0.29, 0.717) is 0 Å². The van der Waals surface area contributed by atoms with Gasteiger partial charge in [0.05, 0.1) is 0 Å². The predicted molar refractivity (Wildman–Crippen MR) is 165 cm³/mol. The Bertz CT molecular complexity index is 2090. The highest BCUT2D eigenvalue weighted by Gasteiger charge is 2.17. The van der Waals surface area contributed by atoms with E-state index in [2.05, 4.69) is 146 Å². The Kier molecular flexibility index (Phi) is 4.89. The first-order valence-electron chi connectivity index (χ1n) is 13.4. The minimum Gasteiger partial charge on any atom is -0.456 e. The van der Waals surface area contributed by atoms with E-state index in [-0.39, 0.29) is 0 Å². The van der Waals surface area contributed by atoms with E-state index in [0.717, 1.165) is 27.5 Å². The third-order valence-electron chi connectivity index (χ3n) is 7.86. The summed E-state index contributed by atoms with van der Waals surface area (Å²) in [6, 6.07) is 52.0. The fraction of sp³-hybridized carbons (Fsp3) is 0. The third kappa shape index (κ3) is 3.48. The first kappa shape index (κ1) is 21.9. The van der Waals surface area contributed by atoms with Crippen molar-refractivity contribution in [1.29, 1.82) is 0 Å². The van der Waals surface area contributed by atoms with Gasteiger partial charge < -0.3 is 4.42 Å². The van der Waals surface area contributed by atoms with Crippen molar-refractivity contribution in [2.24, 2.45) is 0 Å². The lowest BCUT2D eigenvalue weighted by atomic mass is 9.86. The van der Waals surface area contributed by atoms with Crippen LogP contribution in [0.2, 0.25) is 0 Å². The molecule has 8 rings (SSSR count). The van der Waals surface area contributed by atoms with Crippen molar-refractivity contribution in [2.75, 3.05) is 0 Å². The maximum absolute atomic E-state index is 6.42. The normalized spacial score (nSPS) is 11.6. The molecule has 0 saturated heterocycles. The molecule has 0 radical (unpaired) electrons. The van der Waals surface area contributed by atoms with Crippen molar-refractivity contribution < 1.29 is 4.42 Å². The van der Waals surface area contributed by atoms with Crippen LogP contribution in [0, 0.1) is 0 Å². The Morgan fingerprint density at radius 2 is 0.795 bits per heavy atom. The summed E-state index contributed by atoms with van der Waals surface area (Å²) in [5, 5.41) is 7.30. The van der Waals surface area contributed by atoms with Crippen LogP contribution in [-0.2, 0) is 0 Å². The minimum atomic E-state index is 0.910. The summed E-state index contributed by atoms with van der Waals surface area (Å²) in [6.45, 7) is 0. The van der Waals surface area contributed by atoms with E-state index in [9.17, 15) is 0 Å². The van der Waals surface area contributed by atoms with Gasteiger partial charge in [0.2, 0.25) is 0 Å². The molecule has 1 heteroatoms. The summed E-state index contributed by atoms with van der Waals surface area (Å²) in [6.07, 6.45) is 0. The van der Waals surface area contributed by atoms with Crippen LogP contribution in [0.3, 0.4) is 0 Å². The zero-order valence-corrected chi connectivity index (χ0v) is 21.3. The van der Waals surface area contributed by atoms with Gasteiger partial charge in [-0.1, -0.05) is 121 Å². The number of fused-ring (bicyclic) bond motifs is 5. The van der Waals surface area contributed by atoms with Gasteiger partial charge in [-0.3, -0.25) is 0 Å². The first-order chi connectivity index (χ1) is 19.3. The maximum atomic E-state index is 6.42. The van der Waals surface area contributed by atoms with Gasteiger partial charge in [-0.25, -0.2) is 0 Å². The molecule has 0 spiro atoms. The van der Waals surface area contributed by atoms with Crippen LogP contribution in [0.5, 0.6) is 0 Å². The topological polar surface area (TPSA) is 13.1 Å². The standard InChI is InChI=1S/C38H24O/c1-3-11-25(12-4-1)27-20-22-35-34(23-27)29-21-19-28(24-36(29)39-35)38-32-17-9-7-15-30(32)37(26-13-5-2-6-14-26)31-16-8-10-18-33(31)38/h1-24H. The van der Waals surface area contributed by atoms with Gasteiger partial charge >= 0.3 is 0 Å². The van der Waals surface area contributed by atoms with Crippen LogP contribution in [0.25, 0.3) is 76.9 Å². The van der Waals surface area contributed by atoms with Gasteiger partial charge in [0.25, 0.3) is 0 Å². The molecule has 0 aliphatic rings. The molecule has 0 bridgehead atoms. The van der Waals surface area contributed by atoms with Crippen LogP contribution in [0.1, 0.15) is 0 Å². The van der Waals surface area contributed by atoms with Crippen molar-refractivity contribution in [3.05, 3.63) is 146 Å². The molecule has 39 heavy (non-hydrogen) atoms. The number of hydrogen-bond acceptors (Lipinski definition) is 1. The van der Waals surface area contributed by atoms with E-state index < -0.39 is 0 Å². The summed E-state index contributed by atoms with van der Waals surface area (Å²) in [5.74, 6) is 0. The zero-order valence-electron chi connectivity index (χ0n) is 21.3. The highest BCUT2D eigenvalue weighted by Crippen LogP contribution is 2.44. The highest BCUT2D eigenvalue weighted by atomic mass is 16.3. The summed E-state index contributed by atoms with van der Waals surface area (Å²) >= 11 is 0. The van der Waals surface area contributed by atoms with Crippen molar-refractivity contribution >= 4 is 43.5 Å². The van der Waals surface area contributed by atoms with Crippen molar-refractivity contribution in [1.82, 2.24) is 0 Å². The molecule has 0 atom stereocenters. The molecule has 0 aliphatic heterocycles. The monoisotopic (exact) mass is 496 g/mol. The Morgan fingerprint density at radius 3 is 1.41 bits per heavy atom. The van der Waals surface area contributed by atoms with Gasteiger partial charge in [-0.2, -0.15) is 0 Å². The van der Waals surface area contributed by atoms with Crippen LogP contribution in [0.4, 0.5) is 0 Å². The molecule has 0 N–H and O–H groups in total. The van der Waals surface area contributed by atoms with Crippen LogP contribution in [-0.4, -0.2) is 0 Å². The minimum absolute atomic E-state index is 0.910. The number of hydrogen-bond donors (Lipinski definition) is 0. The van der Waals surface area contributed by atoms with E-state index in [1.807, 2.05) is 0 Å². The van der Waals surface area contributed by atoms with Crippen LogP contribution in [0.15, 0.2) is 150 Å². The Labute approximate surface area is 226 Å². The fourth-order valence-electron chi connectivity index (χ4n) is 6.10. The molecule has 1 aromatic heterocycles. The number of rotatable bonds is 3. The van der Waals surface area contributed by atoms with Gasteiger partial charge in [0.1, 0.15) is 11.2 Å². The molecule has 182 valence electrons. The Balaban J connectivity index is 1.39. The van der Waals surface area contributed by atoms with Crippen molar-refractivity contribution in [3.63, 3.8) is 0 Å². The molecule has 0 amide bonds. The average Bonchev–Trinajstić information content (AvgIpc) is 3.37. The van der Waals surface area contributed by atoms with E-state index in [1.54, 1.807) is 0 Å². The van der Waals surface area contributed by atoms with Gasteiger partial charge in [0, 0.05) is 10.8 Å². The highest BCUT2D eigenvalue weighted by molar-refractivity contribution is 6.22. The average molecular weight is 497 g/mol. The summed E-state index contributed by atoms with van der Waals surface area (Å²) < 4.78 is 6.42. The lowest BCUT2D eigenvalue weighted by Crippen LogP contribution is -1.90. The quantitative estimate of drug-likeness (QED) is 0.222. The number of furan rings is 1. The molecule has 1 heterocycles. The molecule has 0 saturated carbocycles. The third-order valence-corrected chi connectivity index (χ3v) is 7.86. The van der Waals surface area contributed by atoms with Crippen LogP contribution < -0.4 is 0 Å². The van der Waals surface area contributed by atoms with E-state index >= 15 is 0 Å². The molecular weight excluding hydrogens is 472 g/mol. The van der Waals surface area contributed by atoms with Gasteiger partial charge in [-0.05, 0) is 79.2 Å². The maximum Gasteiger partial charge on any atom is 0.136 e. The largest absolute Gasteiger partial charge is 0.456 e. The summed E-state index contributed by atoms with van der Waals surface area (Å²) in [5.41, 5.74) is 9.15. The molecular formula is C38H24O. The van der Waals surface area contributed by atoms with Crippen LogP contribution >= 0.6 is 0 Å². The molecule has 0 fully saturated rings. The summed E-state index contributed by atoms with van der Waals surface area (Å²) in [4.78, 5) is 0. The molecule has 1 nitrogen and oxygen atoms in total. The second-order valence-corrected chi connectivity index (χ2v) is 10.1. The van der Waals surface area contributed by atoms with E-state index in [4.69, 9.17) is 4.42 Å². The van der Waals surface area contributed by atoms with Crippen molar-refractivity contribution in [3.8, 4) is 33.4 Å². The lowest BCUT2D eigenvalue weighted by Gasteiger charge is -2.17. The Hall–Kier alpha value is -5.14. The SMILES string of the molecule is c1ccc(-c2ccc3oc4cc(-c5c6ccccc6c(-c6ccccc6)c6ccccc56)ccc4c3c2)cc1. The van der Waals surface area contributed by atoms with Gasteiger partial charge in [0.15, 0.2) is 0 Å². The van der Waals surface area contributed by atoms with Gasteiger partial charge in [-0.15, -0.1) is 0 Å². The first-order valence-corrected chi connectivity index (χ1v) is 13.4. The number of benzene rings is 7. The Morgan fingerprint density at radius 1 is 0.282 bits per heavy atom. The second kappa shape index (κ2) is 8.72. The zero-order chi connectivity index (χ0) is 25.8. The molecule has 0 unspecified atom stereocenters. The smallest absolute Gasteiger partial charge is 0.136 e. The molecule has 7 aromatic carbocycles. The van der Waals surface area contributed by atoms with Crippen molar-refractivity contribution in [2.45, 2.75) is 0 Å². The molecule has 0 aliphatic carbocycles.